The summed E-state index contributed by atoms with van der Waals surface area (Å²) in [4.78, 5) is 32.7. The second-order valence-corrected chi connectivity index (χ2v) is 9.65. The van der Waals surface area contributed by atoms with E-state index in [0.29, 0.717) is 24.3 Å². The third kappa shape index (κ3) is 4.33. The number of hydrogen-bond donors (Lipinski definition) is 2. The Bertz CT molecular complexity index is 1230. The Morgan fingerprint density at radius 3 is 2.71 bits per heavy atom. The number of nitrogens with one attached hydrogen (secondary N) is 2. The fourth-order valence-corrected chi connectivity index (χ4v) is 4.88. The molecule has 0 saturated carbocycles. The largest absolute Gasteiger partial charge is 0.467 e. The summed E-state index contributed by atoms with van der Waals surface area (Å²) in [6, 6.07) is 14.8. The first-order valence-electron chi connectivity index (χ1n) is 11.5. The van der Waals surface area contributed by atoms with Gasteiger partial charge < -0.3 is 20.0 Å². The standard InChI is InChI=1S/C27H28N4O3/c1-27(2)14-20-25(22(32)15-27)26(23-8-5-13-34-23)31(21-7-4-3-6-19(21)30-20)17-24(33)29-16-18-9-11-28-12-10-18/h3-13,26,30H,14-17H2,1-2H3,(H,29,33). The molecule has 1 aliphatic carbocycles. The number of anilines is 2. The topological polar surface area (TPSA) is 87.5 Å². The predicted octanol–water partition coefficient (Wildman–Crippen LogP) is 4.61. The molecule has 2 N–H and O–H groups in total. The first-order valence-corrected chi connectivity index (χ1v) is 11.5. The highest BCUT2D eigenvalue weighted by molar-refractivity contribution is 6.01. The van der Waals surface area contributed by atoms with Crippen LogP contribution in [-0.2, 0) is 16.1 Å². The first kappa shape index (κ1) is 21.9. The van der Waals surface area contributed by atoms with Gasteiger partial charge in [0.15, 0.2) is 5.78 Å². The van der Waals surface area contributed by atoms with Crippen LogP contribution < -0.4 is 15.5 Å². The van der Waals surface area contributed by atoms with Crippen LogP contribution >= 0.6 is 0 Å². The van der Waals surface area contributed by atoms with E-state index in [1.54, 1.807) is 18.7 Å². The van der Waals surface area contributed by atoms with Gasteiger partial charge in [0.25, 0.3) is 0 Å². The number of carbonyl (C=O) groups excluding carboxylic acids is 2. The number of furan rings is 1. The van der Waals surface area contributed by atoms with Gasteiger partial charge >= 0.3 is 0 Å². The van der Waals surface area contributed by atoms with Gasteiger partial charge in [0.1, 0.15) is 11.8 Å². The van der Waals surface area contributed by atoms with Crippen LogP contribution in [0.4, 0.5) is 11.4 Å². The highest BCUT2D eigenvalue weighted by Crippen LogP contribution is 2.48. The van der Waals surface area contributed by atoms with E-state index in [1.165, 1.54) is 0 Å². The predicted molar refractivity (Wildman–Crippen MR) is 130 cm³/mol. The number of aromatic nitrogens is 1. The number of para-hydroxylation sites is 2. The molecule has 3 aromatic rings. The summed E-state index contributed by atoms with van der Waals surface area (Å²) in [5, 5.41) is 6.54. The molecule has 174 valence electrons. The fourth-order valence-electron chi connectivity index (χ4n) is 4.88. The summed E-state index contributed by atoms with van der Waals surface area (Å²) in [6.07, 6.45) is 6.20. The number of hydrogen-bond acceptors (Lipinski definition) is 6. The van der Waals surface area contributed by atoms with Gasteiger partial charge in [-0.2, -0.15) is 0 Å². The molecule has 1 aromatic carbocycles. The van der Waals surface area contributed by atoms with Crippen LogP contribution in [0.5, 0.6) is 0 Å². The summed E-state index contributed by atoms with van der Waals surface area (Å²) in [7, 11) is 0. The van der Waals surface area contributed by atoms with Crippen LogP contribution in [0.1, 0.15) is 44.1 Å². The van der Waals surface area contributed by atoms with E-state index in [1.807, 2.05) is 53.4 Å². The molecule has 3 heterocycles. The van der Waals surface area contributed by atoms with Crippen molar-refractivity contribution in [3.63, 3.8) is 0 Å². The van der Waals surface area contributed by atoms with E-state index >= 15 is 0 Å². The van der Waals surface area contributed by atoms with E-state index in [0.717, 1.165) is 29.1 Å². The van der Waals surface area contributed by atoms with Gasteiger partial charge in [-0.05, 0) is 53.8 Å². The Morgan fingerprint density at radius 2 is 1.94 bits per heavy atom. The monoisotopic (exact) mass is 456 g/mol. The van der Waals surface area contributed by atoms with Crippen LogP contribution in [0, 0.1) is 5.41 Å². The van der Waals surface area contributed by atoms with Crippen molar-refractivity contribution in [2.45, 2.75) is 39.3 Å². The molecule has 1 amide bonds. The number of pyridine rings is 1. The molecule has 1 aliphatic heterocycles. The zero-order valence-corrected chi connectivity index (χ0v) is 19.4. The quantitative estimate of drug-likeness (QED) is 0.583. The van der Waals surface area contributed by atoms with Crippen LogP contribution in [-0.4, -0.2) is 23.2 Å². The molecule has 34 heavy (non-hydrogen) atoms. The molecule has 7 heteroatoms. The summed E-state index contributed by atoms with van der Waals surface area (Å²) in [6.45, 7) is 4.70. The number of ketones is 1. The van der Waals surface area contributed by atoms with E-state index in [4.69, 9.17) is 4.42 Å². The fraction of sp³-hybridized carbons (Fsp3) is 0.296. The molecule has 0 radical (unpaired) electrons. The van der Waals surface area contributed by atoms with Crippen molar-refractivity contribution in [2.75, 3.05) is 16.8 Å². The second kappa shape index (κ2) is 8.82. The van der Waals surface area contributed by atoms with Crippen LogP contribution in [0.2, 0.25) is 0 Å². The highest BCUT2D eigenvalue weighted by Gasteiger charge is 2.42. The number of fused-ring (bicyclic) bond motifs is 1. The number of rotatable bonds is 5. The SMILES string of the molecule is CC1(C)CC(=O)C2=C(C1)Nc1ccccc1N(CC(=O)NCc1ccncc1)C2c1ccco1. The molecule has 2 aromatic heterocycles. The zero-order chi connectivity index (χ0) is 23.7. The normalized spacial score (nSPS) is 19.1. The van der Waals surface area contributed by atoms with Crippen molar-refractivity contribution in [3.8, 4) is 0 Å². The summed E-state index contributed by atoms with van der Waals surface area (Å²) in [5.41, 5.74) is 4.11. The molecule has 1 unspecified atom stereocenters. The highest BCUT2D eigenvalue weighted by atomic mass is 16.3. The summed E-state index contributed by atoms with van der Waals surface area (Å²) < 4.78 is 5.84. The zero-order valence-electron chi connectivity index (χ0n) is 19.4. The van der Waals surface area contributed by atoms with Crippen molar-refractivity contribution in [2.24, 2.45) is 5.41 Å². The van der Waals surface area contributed by atoms with Crippen molar-refractivity contribution < 1.29 is 14.0 Å². The lowest BCUT2D eigenvalue weighted by atomic mass is 9.74. The van der Waals surface area contributed by atoms with E-state index < -0.39 is 6.04 Å². The lowest BCUT2D eigenvalue weighted by molar-refractivity contribution is -0.121. The van der Waals surface area contributed by atoms with Gasteiger partial charge in [-0.1, -0.05) is 26.0 Å². The van der Waals surface area contributed by atoms with Crippen molar-refractivity contribution in [1.82, 2.24) is 10.3 Å². The van der Waals surface area contributed by atoms with Gasteiger partial charge in [0.05, 0.1) is 24.2 Å². The van der Waals surface area contributed by atoms with Crippen LogP contribution in [0.25, 0.3) is 0 Å². The maximum absolute atomic E-state index is 13.5. The third-order valence-corrected chi connectivity index (χ3v) is 6.37. The number of allylic oxidation sites excluding steroid dienone is 1. The maximum Gasteiger partial charge on any atom is 0.239 e. The number of nitrogens with zero attached hydrogens (tertiary/aromatic N) is 2. The van der Waals surface area contributed by atoms with Gasteiger partial charge in [0, 0.05) is 36.6 Å². The average Bonchev–Trinajstić information content (AvgIpc) is 3.30. The Balaban J connectivity index is 1.55. The molecule has 0 saturated heterocycles. The van der Waals surface area contributed by atoms with Gasteiger partial charge in [0.2, 0.25) is 5.91 Å². The van der Waals surface area contributed by atoms with Gasteiger partial charge in [-0.3, -0.25) is 14.6 Å². The minimum Gasteiger partial charge on any atom is -0.467 e. The molecular weight excluding hydrogens is 428 g/mol. The number of Topliss-reactive ketones (excluding diaryl/α,β-unsaturated/α-hetero) is 1. The van der Waals surface area contributed by atoms with E-state index in [2.05, 4.69) is 29.5 Å². The van der Waals surface area contributed by atoms with Crippen molar-refractivity contribution in [1.29, 1.82) is 0 Å². The summed E-state index contributed by atoms with van der Waals surface area (Å²) in [5.74, 6) is 0.576. The minimum atomic E-state index is -0.503. The van der Waals surface area contributed by atoms with Crippen molar-refractivity contribution >= 4 is 23.1 Å². The number of benzene rings is 1. The Kier molecular flexibility index (Phi) is 5.69. The van der Waals surface area contributed by atoms with Crippen LogP contribution in [0.15, 0.2) is 82.9 Å². The molecule has 2 aliphatic rings. The first-order chi connectivity index (χ1) is 16.4. The van der Waals surface area contributed by atoms with E-state index in [-0.39, 0.29) is 23.7 Å². The maximum atomic E-state index is 13.5. The summed E-state index contributed by atoms with van der Waals surface area (Å²) >= 11 is 0. The minimum absolute atomic E-state index is 0.0720. The Labute approximate surface area is 198 Å². The smallest absolute Gasteiger partial charge is 0.239 e. The number of amides is 1. The molecule has 0 fully saturated rings. The van der Waals surface area contributed by atoms with Gasteiger partial charge in [-0.25, -0.2) is 0 Å². The molecule has 5 rings (SSSR count). The van der Waals surface area contributed by atoms with E-state index in [9.17, 15) is 9.59 Å². The Morgan fingerprint density at radius 1 is 1.15 bits per heavy atom. The lowest BCUT2D eigenvalue weighted by Gasteiger charge is -2.36. The number of carbonyl (C=O) groups is 2. The van der Waals surface area contributed by atoms with Crippen LogP contribution in [0.3, 0.4) is 0 Å². The average molecular weight is 457 g/mol. The molecule has 7 nitrogen and oxygen atoms in total. The third-order valence-electron chi connectivity index (χ3n) is 6.37. The molecule has 0 bridgehead atoms. The molecular formula is C27H28N4O3. The van der Waals surface area contributed by atoms with Crippen molar-refractivity contribution in [3.05, 3.63) is 89.8 Å². The Hall–Kier alpha value is -3.87. The molecule has 1 atom stereocenters. The molecule has 0 spiro atoms. The lowest BCUT2D eigenvalue weighted by Crippen LogP contribution is -2.41. The van der Waals surface area contributed by atoms with Gasteiger partial charge in [-0.15, -0.1) is 0 Å². The second-order valence-electron chi connectivity index (χ2n) is 9.65.